The van der Waals surface area contributed by atoms with Crippen molar-refractivity contribution in [1.82, 2.24) is 10.2 Å². The average Bonchev–Trinajstić information content (AvgIpc) is 2.73. The van der Waals surface area contributed by atoms with Crippen molar-refractivity contribution in [3.63, 3.8) is 0 Å². The molecule has 0 saturated carbocycles. The molecule has 1 N–H and O–H groups in total. The highest BCUT2D eigenvalue weighted by molar-refractivity contribution is 7.91. The molecule has 1 atom stereocenters. The molecule has 1 unspecified atom stereocenters. The molecule has 0 aliphatic carbocycles. The van der Waals surface area contributed by atoms with Gasteiger partial charge < -0.3 is 9.73 Å². The Kier molecular flexibility index (Phi) is 5.46. The summed E-state index contributed by atoms with van der Waals surface area (Å²) in [4.78, 5) is 2.22. The predicted molar refractivity (Wildman–Crippen MR) is 84.0 cm³/mol. The van der Waals surface area contributed by atoms with Gasteiger partial charge in [0.05, 0.1) is 18.1 Å². The van der Waals surface area contributed by atoms with Gasteiger partial charge in [-0.2, -0.15) is 0 Å². The summed E-state index contributed by atoms with van der Waals surface area (Å²) in [5, 5.41) is 3.33. The first-order chi connectivity index (χ1) is 9.91. The minimum absolute atomic E-state index is 0.0692. The molecule has 1 saturated heterocycles. The largest absolute Gasteiger partial charge is 0.465 e. The van der Waals surface area contributed by atoms with Crippen molar-refractivity contribution in [1.29, 1.82) is 0 Å². The van der Waals surface area contributed by atoms with Crippen LogP contribution < -0.4 is 5.32 Å². The van der Waals surface area contributed by atoms with E-state index in [1.54, 1.807) is 0 Å². The zero-order valence-electron chi connectivity index (χ0n) is 13.2. The van der Waals surface area contributed by atoms with Gasteiger partial charge in [-0.25, -0.2) is 8.42 Å². The van der Waals surface area contributed by atoms with Crippen LogP contribution in [0.15, 0.2) is 10.5 Å². The van der Waals surface area contributed by atoms with Crippen LogP contribution in [0.1, 0.15) is 37.4 Å². The van der Waals surface area contributed by atoms with Crippen LogP contribution in [0, 0.1) is 6.92 Å². The Labute approximate surface area is 127 Å². The molecule has 120 valence electrons. The maximum absolute atomic E-state index is 11.6. The Morgan fingerprint density at radius 1 is 1.48 bits per heavy atom. The number of hydrogen-bond acceptors (Lipinski definition) is 5. The Bertz CT molecular complexity index is 565. The number of sulfone groups is 1. The molecule has 2 rings (SSSR count). The van der Waals surface area contributed by atoms with Crippen molar-refractivity contribution in [3.8, 4) is 0 Å². The molecule has 0 radical (unpaired) electrons. The number of rotatable bonds is 6. The number of aryl methyl sites for hydroxylation is 1. The van der Waals surface area contributed by atoms with Gasteiger partial charge in [-0.05, 0) is 32.9 Å². The fourth-order valence-corrected chi connectivity index (χ4v) is 4.33. The summed E-state index contributed by atoms with van der Waals surface area (Å²) in [5.74, 6) is 2.41. The van der Waals surface area contributed by atoms with E-state index in [1.165, 1.54) is 0 Å². The Morgan fingerprint density at radius 3 is 2.90 bits per heavy atom. The Balaban J connectivity index is 1.96. The lowest BCUT2D eigenvalue weighted by Gasteiger charge is -2.32. The molecule has 1 aromatic rings. The topological polar surface area (TPSA) is 62.6 Å². The van der Waals surface area contributed by atoms with Gasteiger partial charge in [0.15, 0.2) is 9.84 Å². The smallest absolute Gasteiger partial charge is 0.153 e. The monoisotopic (exact) mass is 314 g/mol. The van der Waals surface area contributed by atoms with Crippen LogP contribution in [0.25, 0.3) is 0 Å². The van der Waals surface area contributed by atoms with E-state index in [2.05, 4.69) is 23.2 Å². The second-order valence-corrected chi connectivity index (χ2v) is 8.13. The second kappa shape index (κ2) is 6.94. The van der Waals surface area contributed by atoms with Crippen LogP contribution in [-0.2, 0) is 22.9 Å². The molecule has 1 aromatic heterocycles. The van der Waals surface area contributed by atoms with Gasteiger partial charge >= 0.3 is 0 Å². The van der Waals surface area contributed by atoms with Crippen LogP contribution >= 0.6 is 0 Å². The quantitative estimate of drug-likeness (QED) is 0.810. The zero-order valence-corrected chi connectivity index (χ0v) is 14.0. The van der Waals surface area contributed by atoms with E-state index < -0.39 is 9.84 Å². The summed E-state index contributed by atoms with van der Waals surface area (Å²) in [5.41, 5.74) is 1.16. The maximum Gasteiger partial charge on any atom is 0.153 e. The number of hydrogen-bond donors (Lipinski definition) is 1. The molecular weight excluding hydrogens is 288 g/mol. The third-order valence-corrected chi connectivity index (χ3v) is 5.77. The lowest BCUT2D eigenvalue weighted by Crippen LogP contribution is -2.46. The van der Waals surface area contributed by atoms with Gasteiger partial charge in [0, 0.05) is 24.7 Å². The van der Waals surface area contributed by atoms with Crippen molar-refractivity contribution < 1.29 is 12.8 Å². The minimum atomic E-state index is -2.85. The third-order valence-electron chi connectivity index (χ3n) is 3.98. The molecule has 1 fully saturated rings. The van der Waals surface area contributed by atoms with E-state index in [1.807, 2.05) is 13.8 Å². The number of furan rings is 1. The molecule has 6 heteroatoms. The average molecular weight is 314 g/mol. The number of nitrogens with zero attached hydrogens (tertiary/aromatic N) is 1. The summed E-state index contributed by atoms with van der Waals surface area (Å²) in [7, 11) is -2.85. The SMILES string of the molecule is CCCNCc1cc(CN2CCS(=O)(=O)CC2C)c(C)o1. The third kappa shape index (κ3) is 4.56. The van der Waals surface area contributed by atoms with Crippen LogP contribution in [0.2, 0.25) is 0 Å². The van der Waals surface area contributed by atoms with E-state index in [0.717, 1.165) is 43.1 Å². The number of nitrogens with one attached hydrogen (secondary N) is 1. The van der Waals surface area contributed by atoms with E-state index in [4.69, 9.17) is 4.42 Å². The highest BCUT2D eigenvalue weighted by atomic mass is 32.2. The van der Waals surface area contributed by atoms with Crippen molar-refractivity contribution in [2.75, 3.05) is 24.6 Å². The van der Waals surface area contributed by atoms with Crippen LogP contribution in [0.3, 0.4) is 0 Å². The zero-order chi connectivity index (χ0) is 15.5. The molecule has 0 spiro atoms. The summed E-state index contributed by atoms with van der Waals surface area (Å²) < 4.78 is 29.0. The van der Waals surface area contributed by atoms with E-state index in [9.17, 15) is 8.42 Å². The molecule has 21 heavy (non-hydrogen) atoms. The molecular formula is C15H26N2O3S. The lowest BCUT2D eigenvalue weighted by molar-refractivity contribution is 0.217. The Morgan fingerprint density at radius 2 is 2.24 bits per heavy atom. The molecule has 1 aliphatic rings. The van der Waals surface area contributed by atoms with Crippen molar-refractivity contribution in [2.24, 2.45) is 0 Å². The van der Waals surface area contributed by atoms with Crippen LogP contribution in [0.4, 0.5) is 0 Å². The second-order valence-electron chi connectivity index (χ2n) is 5.90. The van der Waals surface area contributed by atoms with Gasteiger partial charge in [0.25, 0.3) is 0 Å². The standard InChI is InChI=1S/C15H26N2O3S/c1-4-5-16-9-15-8-14(13(3)20-15)10-17-6-7-21(18,19)11-12(17)2/h8,12,16H,4-7,9-11H2,1-3H3. The minimum Gasteiger partial charge on any atom is -0.465 e. The van der Waals surface area contributed by atoms with Gasteiger partial charge in [-0.1, -0.05) is 6.92 Å². The summed E-state index contributed by atoms with van der Waals surface area (Å²) in [6.07, 6.45) is 1.10. The van der Waals surface area contributed by atoms with Gasteiger partial charge in [-0.15, -0.1) is 0 Å². The van der Waals surface area contributed by atoms with E-state index in [0.29, 0.717) is 6.54 Å². The molecule has 5 nitrogen and oxygen atoms in total. The molecule has 2 heterocycles. The van der Waals surface area contributed by atoms with Gasteiger partial charge in [0.1, 0.15) is 11.5 Å². The molecule has 0 bridgehead atoms. The van der Waals surface area contributed by atoms with Crippen LogP contribution in [0.5, 0.6) is 0 Å². The normalized spacial score (nSPS) is 22.5. The predicted octanol–water partition coefficient (Wildman–Crippen LogP) is 1.71. The highest BCUT2D eigenvalue weighted by Crippen LogP contribution is 2.20. The van der Waals surface area contributed by atoms with Crippen molar-refractivity contribution in [2.45, 2.75) is 46.3 Å². The first kappa shape index (κ1) is 16.5. The fourth-order valence-electron chi connectivity index (χ4n) is 2.71. The summed E-state index contributed by atoms with van der Waals surface area (Å²) in [6.45, 7) is 9.20. The lowest BCUT2D eigenvalue weighted by atomic mass is 10.2. The van der Waals surface area contributed by atoms with Crippen LogP contribution in [-0.4, -0.2) is 44.0 Å². The molecule has 1 aliphatic heterocycles. The maximum atomic E-state index is 11.6. The first-order valence-corrected chi connectivity index (χ1v) is 9.47. The molecule has 0 amide bonds. The Hall–Kier alpha value is -0.850. The van der Waals surface area contributed by atoms with Crippen molar-refractivity contribution in [3.05, 3.63) is 23.2 Å². The van der Waals surface area contributed by atoms with E-state index in [-0.39, 0.29) is 17.5 Å². The fraction of sp³-hybridized carbons (Fsp3) is 0.733. The van der Waals surface area contributed by atoms with Gasteiger partial charge in [0.2, 0.25) is 0 Å². The summed E-state index contributed by atoms with van der Waals surface area (Å²) in [6, 6.07) is 2.16. The first-order valence-electron chi connectivity index (χ1n) is 7.64. The molecule has 0 aromatic carbocycles. The van der Waals surface area contributed by atoms with E-state index >= 15 is 0 Å². The summed E-state index contributed by atoms with van der Waals surface area (Å²) >= 11 is 0. The van der Waals surface area contributed by atoms with Gasteiger partial charge in [-0.3, -0.25) is 4.90 Å². The van der Waals surface area contributed by atoms with Crippen molar-refractivity contribution >= 4 is 9.84 Å². The highest BCUT2D eigenvalue weighted by Gasteiger charge is 2.28.